The third-order valence-corrected chi connectivity index (χ3v) is 1.19. The van der Waals surface area contributed by atoms with E-state index in [1.165, 1.54) is 5.32 Å². The number of nitrogens with one attached hydrogen (secondary N) is 1. The number of aliphatic hydroxyl groups is 1. The van der Waals surface area contributed by atoms with E-state index in [2.05, 4.69) is 9.40 Å². The van der Waals surface area contributed by atoms with Crippen LogP contribution in [0.15, 0.2) is 10.6 Å². The summed E-state index contributed by atoms with van der Waals surface area (Å²) in [5, 5.41) is 9.86. The van der Waals surface area contributed by atoms with Gasteiger partial charge in [0.25, 0.3) is 0 Å². The summed E-state index contributed by atoms with van der Waals surface area (Å²) in [5.41, 5.74) is 0. The van der Waals surface area contributed by atoms with E-state index in [1.807, 2.05) is 0 Å². The molecule has 0 saturated carbocycles. The fourth-order valence-electron chi connectivity index (χ4n) is 0.606. The largest absolute Gasteiger partial charge is 0.471 e. The summed E-state index contributed by atoms with van der Waals surface area (Å²) in [4.78, 5) is 13.6. The van der Waals surface area contributed by atoms with E-state index >= 15 is 0 Å². The number of anilines is 1. The van der Waals surface area contributed by atoms with Gasteiger partial charge in [-0.05, 0) is 0 Å². The second-order valence-corrected chi connectivity index (χ2v) is 2.24. The topological polar surface area (TPSA) is 75.4 Å². The van der Waals surface area contributed by atoms with Crippen LogP contribution in [0.4, 0.5) is 19.2 Å². The number of amides is 1. The Morgan fingerprint density at radius 3 is 2.71 bits per heavy atom. The number of hydrogen-bond acceptors (Lipinski definition) is 4. The van der Waals surface area contributed by atoms with E-state index in [1.54, 1.807) is 0 Å². The van der Waals surface area contributed by atoms with E-state index in [0.29, 0.717) is 0 Å². The zero-order chi connectivity index (χ0) is 10.8. The molecule has 5 nitrogen and oxygen atoms in total. The lowest BCUT2D eigenvalue weighted by Gasteiger charge is -2.03. The molecule has 14 heavy (non-hydrogen) atoms. The second-order valence-electron chi connectivity index (χ2n) is 2.24. The molecule has 8 heteroatoms. The van der Waals surface area contributed by atoms with Gasteiger partial charge in [-0.2, -0.15) is 13.2 Å². The molecule has 0 unspecified atom stereocenters. The van der Waals surface area contributed by atoms with Crippen molar-refractivity contribution in [3.63, 3.8) is 0 Å². The van der Waals surface area contributed by atoms with Crippen LogP contribution in [-0.4, -0.2) is 22.2 Å². The summed E-state index contributed by atoms with van der Waals surface area (Å²) in [7, 11) is 0. The molecule has 1 aromatic heterocycles. The van der Waals surface area contributed by atoms with Crippen LogP contribution in [0, 0.1) is 0 Å². The smallest absolute Gasteiger partial charge is 0.426 e. The van der Waals surface area contributed by atoms with Crippen LogP contribution >= 0.6 is 0 Å². The molecule has 2 N–H and O–H groups in total. The zero-order valence-electron chi connectivity index (χ0n) is 6.63. The third kappa shape index (κ3) is 2.46. The van der Waals surface area contributed by atoms with E-state index in [4.69, 9.17) is 5.11 Å². The molecular weight excluding hydrogens is 205 g/mol. The summed E-state index contributed by atoms with van der Waals surface area (Å²) >= 11 is 0. The van der Waals surface area contributed by atoms with Crippen LogP contribution in [0.5, 0.6) is 0 Å². The van der Waals surface area contributed by atoms with Crippen molar-refractivity contribution in [1.82, 2.24) is 4.98 Å². The Bertz CT molecular complexity index is 333. The number of carbonyl (C=O) groups is 1. The van der Waals surface area contributed by atoms with Gasteiger partial charge in [-0.15, -0.1) is 0 Å². The standard InChI is InChI=1S/C6H5F3N2O3/c7-6(8,9)4(13)11-5-10-1-3(2-12)14-5/h1,12H,2H2,(H,10,11,13). The highest BCUT2D eigenvalue weighted by Gasteiger charge is 2.39. The maximum atomic E-state index is 11.7. The molecule has 0 aliphatic carbocycles. The lowest BCUT2D eigenvalue weighted by Crippen LogP contribution is -2.30. The Balaban J connectivity index is 2.65. The molecule has 0 saturated heterocycles. The number of aliphatic hydroxyl groups excluding tert-OH is 1. The van der Waals surface area contributed by atoms with Gasteiger partial charge in [0.2, 0.25) is 0 Å². The van der Waals surface area contributed by atoms with Crippen LogP contribution in [0.3, 0.4) is 0 Å². The fourth-order valence-corrected chi connectivity index (χ4v) is 0.606. The predicted octanol–water partition coefficient (Wildman–Crippen LogP) is 0.668. The molecule has 78 valence electrons. The Labute approximate surface area is 75.5 Å². The molecule has 0 bridgehead atoms. The predicted molar refractivity (Wildman–Crippen MR) is 37.1 cm³/mol. The normalized spacial score (nSPS) is 11.4. The summed E-state index contributed by atoms with van der Waals surface area (Å²) in [6.07, 6.45) is -3.99. The molecule has 0 aromatic carbocycles. The number of carbonyl (C=O) groups excluding carboxylic acids is 1. The number of halogens is 3. The minimum Gasteiger partial charge on any atom is -0.426 e. The molecule has 1 rings (SSSR count). The van der Waals surface area contributed by atoms with Crippen molar-refractivity contribution in [2.75, 3.05) is 5.32 Å². The van der Waals surface area contributed by atoms with E-state index in [0.717, 1.165) is 6.20 Å². The van der Waals surface area contributed by atoms with Crippen LogP contribution in [0.25, 0.3) is 0 Å². The molecule has 1 aromatic rings. The van der Waals surface area contributed by atoms with Crippen LogP contribution in [-0.2, 0) is 11.4 Å². The minimum atomic E-state index is -4.99. The van der Waals surface area contributed by atoms with Crippen molar-refractivity contribution in [3.05, 3.63) is 12.0 Å². The molecule has 0 aliphatic heterocycles. The molecule has 0 fully saturated rings. The van der Waals surface area contributed by atoms with Crippen LogP contribution < -0.4 is 5.32 Å². The molecule has 0 aliphatic rings. The molecule has 0 atom stereocenters. The van der Waals surface area contributed by atoms with Crippen molar-refractivity contribution in [2.45, 2.75) is 12.8 Å². The second kappa shape index (κ2) is 3.66. The quantitative estimate of drug-likeness (QED) is 0.752. The van der Waals surface area contributed by atoms with Gasteiger partial charge in [0.1, 0.15) is 6.61 Å². The zero-order valence-corrected chi connectivity index (χ0v) is 6.63. The van der Waals surface area contributed by atoms with E-state index in [-0.39, 0.29) is 5.76 Å². The van der Waals surface area contributed by atoms with Gasteiger partial charge in [-0.3, -0.25) is 10.1 Å². The van der Waals surface area contributed by atoms with Crippen molar-refractivity contribution in [2.24, 2.45) is 0 Å². The summed E-state index contributed by atoms with van der Waals surface area (Å²) < 4.78 is 39.6. The van der Waals surface area contributed by atoms with Crippen LogP contribution in [0.1, 0.15) is 5.76 Å². The Morgan fingerprint density at radius 2 is 2.29 bits per heavy atom. The first-order valence-electron chi connectivity index (χ1n) is 3.37. The van der Waals surface area contributed by atoms with Crippen molar-refractivity contribution < 1.29 is 27.5 Å². The van der Waals surface area contributed by atoms with E-state index < -0.39 is 24.7 Å². The average molecular weight is 210 g/mol. The highest BCUT2D eigenvalue weighted by atomic mass is 19.4. The number of aromatic nitrogens is 1. The summed E-state index contributed by atoms with van der Waals surface area (Å²) in [6, 6.07) is -0.601. The SMILES string of the molecule is O=C(Nc1ncc(CO)o1)C(F)(F)F. The van der Waals surface area contributed by atoms with E-state index in [9.17, 15) is 18.0 Å². The third-order valence-electron chi connectivity index (χ3n) is 1.19. The molecule has 0 radical (unpaired) electrons. The van der Waals surface area contributed by atoms with Gasteiger partial charge in [0, 0.05) is 0 Å². The number of alkyl halides is 3. The van der Waals surface area contributed by atoms with Crippen molar-refractivity contribution in [3.8, 4) is 0 Å². The molecule has 0 spiro atoms. The van der Waals surface area contributed by atoms with Gasteiger partial charge in [0.05, 0.1) is 6.20 Å². The summed E-state index contributed by atoms with van der Waals surface area (Å²) in [5.74, 6) is -2.22. The monoisotopic (exact) mass is 210 g/mol. The Kier molecular flexibility index (Phi) is 2.75. The number of nitrogens with zero attached hydrogens (tertiary/aromatic N) is 1. The first kappa shape index (κ1) is 10.5. The fraction of sp³-hybridized carbons (Fsp3) is 0.333. The number of rotatable bonds is 2. The first-order chi connectivity index (χ1) is 6.43. The molecular formula is C6H5F3N2O3. The first-order valence-corrected chi connectivity index (χ1v) is 3.37. The molecule has 1 amide bonds. The average Bonchev–Trinajstić information content (AvgIpc) is 2.50. The van der Waals surface area contributed by atoms with Gasteiger partial charge in [0.15, 0.2) is 5.76 Å². The minimum absolute atomic E-state index is 0.0394. The van der Waals surface area contributed by atoms with Crippen molar-refractivity contribution in [1.29, 1.82) is 0 Å². The van der Waals surface area contributed by atoms with Gasteiger partial charge in [-0.1, -0.05) is 0 Å². The number of hydrogen-bond donors (Lipinski definition) is 2. The molecule has 1 heterocycles. The number of oxazole rings is 1. The van der Waals surface area contributed by atoms with Gasteiger partial charge in [-0.25, -0.2) is 4.98 Å². The van der Waals surface area contributed by atoms with Crippen LogP contribution in [0.2, 0.25) is 0 Å². The van der Waals surface area contributed by atoms with Crippen molar-refractivity contribution >= 4 is 11.9 Å². The summed E-state index contributed by atoms with van der Waals surface area (Å²) in [6.45, 7) is -0.505. The highest BCUT2D eigenvalue weighted by Crippen LogP contribution is 2.17. The maximum Gasteiger partial charge on any atom is 0.471 e. The lowest BCUT2D eigenvalue weighted by atomic mass is 10.6. The maximum absolute atomic E-state index is 11.7. The Morgan fingerprint density at radius 1 is 1.64 bits per heavy atom. The van der Waals surface area contributed by atoms with Gasteiger partial charge < -0.3 is 9.52 Å². The lowest BCUT2D eigenvalue weighted by molar-refractivity contribution is -0.167. The Hall–Kier alpha value is -1.57. The van der Waals surface area contributed by atoms with Gasteiger partial charge >= 0.3 is 18.1 Å². The highest BCUT2D eigenvalue weighted by molar-refractivity contribution is 5.93.